The minimum absolute atomic E-state index is 0.0799. The Morgan fingerprint density at radius 2 is 2.05 bits per heavy atom. The molecule has 0 saturated carbocycles. The van der Waals surface area contributed by atoms with Gasteiger partial charge < -0.3 is 15.4 Å². The summed E-state index contributed by atoms with van der Waals surface area (Å²) in [5.41, 5.74) is 2.39. The molecule has 1 aromatic heterocycles. The maximum atomic E-state index is 11.7. The van der Waals surface area contributed by atoms with Gasteiger partial charge in [-0.1, -0.05) is 23.5 Å². The highest BCUT2D eigenvalue weighted by Crippen LogP contribution is 2.25. The van der Waals surface area contributed by atoms with Crippen molar-refractivity contribution in [2.75, 3.05) is 25.5 Å². The number of anilines is 1. The Labute approximate surface area is 132 Å². The number of H-pyrrole nitrogens is 1. The fourth-order valence-electron chi connectivity index (χ4n) is 2.12. The second-order valence-electron chi connectivity index (χ2n) is 5.03. The first kappa shape index (κ1) is 16.4. The molecule has 0 unspecified atom stereocenters. The number of nitrogens with one attached hydrogen (secondary N) is 2. The van der Waals surface area contributed by atoms with Gasteiger partial charge in [-0.25, -0.2) is 0 Å². The molecule has 2 aromatic rings. The standard InChI is InChI=1S/C15H19N3O3S/c1-10(20)16-12-5-3-11(4-6-12)14-13(22-15(21)17-14)9-18(2)7-8-19/h3-6,19H,7-9H2,1-2H3,(H,16,20)(H,17,21). The molecule has 0 aliphatic rings. The second kappa shape index (κ2) is 7.35. The molecule has 3 N–H and O–H groups in total. The average molecular weight is 321 g/mol. The lowest BCUT2D eigenvalue weighted by atomic mass is 10.1. The first-order chi connectivity index (χ1) is 10.5. The minimum atomic E-state index is -0.122. The number of aliphatic hydroxyl groups excluding tert-OH is 1. The zero-order valence-corrected chi connectivity index (χ0v) is 13.4. The highest BCUT2D eigenvalue weighted by Gasteiger charge is 2.12. The van der Waals surface area contributed by atoms with Crippen LogP contribution in [-0.2, 0) is 11.3 Å². The SMILES string of the molecule is CC(=O)Nc1ccc(-c2[nH]c(=O)sc2CN(C)CCO)cc1. The van der Waals surface area contributed by atoms with Gasteiger partial charge in [-0.05, 0) is 24.7 Å². The fraction of sp³-hybridized carbons (Fsp3) is 0.333. The zero-order chi connectivity index (χ0) is 16.1. The molecule has 1 amide bonds. The van der Waals surface area contributed by atoms with Crippen molar-refractivity contribution in [3.8, 4) is 11.3 Å². The van der Waals surface area contributed by atoms with Crippen LogP contribution in [0.4, 0.5) is 5.69 Å². The Bertz CT molecular complexity index is 691. The van der Waals surface area contributed by atoms with E-state index in [4.69, 9.17) is 5.11 Å². The summed E-state index contributed by atoms with van der Waals surface area (Å²) in [6, 6.07) is 7.32. The Kier molecular flexibility index (Phi) is 5.48. The van der Waals surface area contributed by atoms with Gasteiger partial charge >= 0.3 is 4.87 Å². The number of nitrogens with zero attached hydrogens (tertiary/aromatic N) is 1. The molecular formula is C15H19N3O3S. The van der Waals surface area contributed by atoms with Crippen LogP contribution in [-0.4, -0.2) is 41.1 Å². The number of thiazole rings is 1. The third kappa shape index (κ3) is 4.27. The lowest BCUT2D eigenvalue weighted by Crippen LogP contribution is -2.21. The van der Waals surface area contributed by atoms with Gasteiger partial charge in [0.2, 0.25) is 5.91 Å². The highest BCUT2D eigenvalue weighted by molar-refractivity contribution is 7.09. The number of aromatic amines is 1. The van der Waals surface area contributed by atoms with Crippen LogP contribution < -0.4 is 10.2 Å². The average Bonchev–Trinajstić information content (AvgIpc) is 2.80. The van der Waals surface area contributed by atoms with Crippen LogP contribution in [0.3, 0.4) is 0 Å². The topological polar surface area (TPSA) is 85.4 Å². The molecule has 0 atom stereocenters. The molecule has 0 bridgehead atoms. The molecule has 0 radical (unpaired) electrons. The second-order valence-corrected chi connectivity index (χ2v) is 6.10. The molecule has 1 aromatic carbocycles. The van der Waals surface area contributed by atoms with Gasteiger partial charge in [0, 0.05) is 30.6 Å². The van der Waals surface area contributed by atoms with Crippen LogP contribution in [0.2, 0.25) is 0 Å². The van der Waals surface area contributed by atoms with Crippen molar-refractivity contribution in [1.29, 1.82) is 0 Å². The Morgan fingerprint density at radius 1 is 1.36 bits per heavy atom. The van der Waals surface area contributed by atoms with Crippen molar-refractivity contribution in [3.63, 3.8) is 0 Å². The molecule has 0 fully saturated rings. The first-order valence-electron chi connectivity index (χ1n) is 6.89. The molecule has 0 saturated heterocycles. The maximum Gasteiger partial charge on any atom is 0.305 e. The normalized spacial score (nSPS) is 10.9. The van der Waals surface area contributed by atoms with E-state index in [0.29, 0.717) is 18.8 Å². The van der Waals surface area contributed by atoms with Gasteiger partial charge in [-0.2, -0.15) is 0 Å². The van der Waals surface area contributed by atoms with Crippen molar-refractivity contribution in [3.05, 3.63) is 38.8 Å². The monoisotopic (exact) mass is 321 g/mol. The molecule has 0 aliphatic carbocycles. The Balaban J connectivity index is 2.24. The van der Waals surface area contributed by atoms with Gasteiger partial charge in [0.15, 0.2) is 0 Å². The molecule has 0 aliphatic heterocycles. The van der Waals surface area contributed by atoms with Crippen molar-refractivity contribution < 1.29 is 9.90 Å². The predicted molar refractivity (Wildman–Crippen MR) is 88.1 cm³/mol. The van der Waals surface area contributed by atoms with Crippen LogP contribution in [0.25, 0.3) is 11.3 Å². The van der Waals surface area contributed by atoms with E-state index in [1.54, 1.807) is 12.1 Å². The summed E-state index contributed by atoms with van der Waals surface area (Å²) in [6.45, 7) is 2.68. The maximum absolute atomic E-state index is 11.7. The number of hydrogen-bond acceptors (Lipinski definition) is 5. The van der Waals surface area contributed by atoms with E-state index in [9.17, 15) is 9.59 Å². The Hall–Kier alpha value is -1.96. The number of aromatic nitrogens is 1. The molecule has 6 nitrogen and oxygen atoms in total. The number of rotatable bonds is 6. The van der Waals surface area contributed by atoms with E-state index < -0.39 is 0 Å². The summed E-state index contributed by atoms with van der Waals surface area (Å²) in [7, 11) is 1.89. The molecule has 118 valence electrons. The number of likely N-dealkylation sites (N-methyl/N-ethyl adjacent to an activating group) is 1. The van der Waals surface area contributed by atoms with Gasteiger partial charge in [0.1, 0.15) is 0 Å². The summed E-state index contributed by atoms with van der Waals surface area (Å²) in [5, 5.41) is 11.7. The number of hydrogen-bond donors (Lipinski definition) is 3. The van der Waals surface area contributed by atoms with Gasteiger partial charge in [0.25, 0.3) is 0 Å². The van der Waals surface area contributed by atoms with Crippen molar-refractivity contribution in [2.45, 2.75) is 13.5 Å². The molecule has 7 heteroatoms. The van der Waals surface area contributed by atoms with Crippen LogP contribution in [0.1, 0.15) is 11.8 Å². The number of amides is 1. The quantitative estimate of drug-likeness (QED) is 0.752. The van der Waals surface area contributed by atoms with Crippen LogP contribution in [0.15, 0.2) is 29.1 Å². The van der Waals surface area contributed by atoms with Crippen LogP contribution in [0, 0.1) is 0 Å². The summed E-state index contributed by atoms with van der Waals surface area (Å²) in [5.74, 6) is -0.122. The lowest BCUT2D eigenvalue weighted by Gasteiger charge is -2.14. The third-order valence-electron chi connectivity index (χ3n) is 3.11. The minimum Gasteiger partial charge on any atom is -0.395 e. The Morgan fingerprint density at radius 3 is 2.64 bits per heavy atom. The van der Waals surface area contributed by atoms with Crippen molar-refractivity contribution in [2.24, 2.45) is 0 Å². The summed E-state index contributed by atoms with van der Waals surface area (Å²) < 4.78 is 0. The zero-order valence-electron chi connectivity index (χ0n) is 12.5. The number of benzene rings is 1. The summed E-state index contributed by atoms with van der Waals surface area (Å²) in [6.07, 6.45) is 0. The smallest absolute Gasteiger partial charge is 0.305 e. The van der Waals surface area contributed by atoms with E-state index in [2.05, 4.69) is 10.3 Å². The van der Waals surface area contributed by atoms with E-state index in [-0.39, 0.29) is 17.4 Å². The molecular weight excluding hydrogens is 302 g/mol. The largest absolute Gasteiger partial charge is 0.395 e. The highest BCUT2D eigenvalue weighted by atomic mass is 32.1. The summed E-state index contributed by atoms with van der Waals surface area (Å²) >= 11 is 1.17. The van der Waals surface area contributed by atoms with Gasteiger partial charge in [0.05, 0.1) is 12.3 Å². The van der Waals surface area contributed by atoms with Crippen LogP contribution in [0.5, 0.6) is 0 Å². The number of carbonyl (C=O) groups excluding carboxylic acids is 1. The first-order valence-corrected chi connectivity index (χ1v) is 7.70. The van der Waals surface area contributed by atoms with E-state index >= 15 is 0 Å². The van der Waals surface area contributed by atoms with E-state index in [1.165, 1.54) is 18.3 Å². The lowest BCUT2D eigenvalue weighted by molar-refractivity contribution is -0.114. The number of aliphatic hydroxyl groups is 1. The van der Waals surface area contributed by atoms with Crippen LogP contribution >= 0.6 is 11.3 Å². The predicted octanol–water partition coefficient (Wildman–Crippen LogP) is 1.49. The van der Waals surface area contributed by atoms with Crippen molar-refractivity contribution in [1.82, 2.24) is 9.88 Å². The van der Waals surface area contributed by atoms with E-state index in [1.807, 2.05) is 24.1 Å². The molecule has 22 heavy (non-hydrogen) atoms. The third-order valence-corrected chi connectivity index (χ3v) is 3.98. The molecule has 2 rings (SSSR count). The molecule has 1 heterocycles. The number of carbonyl (C=O) groups is 1. The molecule has 0 spiro atoms. The van der Waals surface area contributed by atoms with Crippen molar-refractivity contribution >= 4 is 22.9 Å². The van der Waals surface area contributed by atoms with Gasteiger partial charge in [-0.15, -0.1) is 0 Å². The van der Waals surface area contributed by atoms with Gasteiger partial charge in [-0.3, -0.25) is 14.5 Å². The summed E-state index contributed by atoms with van der Waals surface area (Å²) in [4.78, 5) is 28.3. The fourth-order valence-corrected chi connectivity index (χ4v) is 3.06. The van der Waals surface area contributed by atoms with E-state index in [0.717, 1.165) is 16.1 Å².